The number of hydrogen-bond donors (Lipinski definition) is 1. The maximum absolute atomic E-state index is 12.8. The monoisotopic (exact) mass is 444 g/mol. The third-order valence-electron chi connectivity index (χ3n) is 4.77. The minimum Gasteiger partial charge on any atom is -0.492 e. The number of nitrogens with one attached hydrogen (secondary N) is 1. The van der Waals surface area contributed by atoms with Gasteiger partial charge in [-0.1, -0.05) is 22.0 Å². The van der Waals surface area contributed by atoms with E-state index in [1.807, 2.05) is 38.1 Å². The smallest absolute Gasteiger partial charge is 0.254 e. The summed E-state index contributed by atoms with van der Waals surface area (Å²) in [6, 6.07) is 12.8. The molecule has 1 aliphatic rings. The Morgan fingerprint density at radius 2 is 1.82 bits per heavy atom. The summed E-state index contributed by atoms with van der Waals surface area (Å²) in [7, 11) is 0. The highest BCUT2D eigenvalue weighted by molar-refractivity contribution is 9.10. The van der Waals surface area contributed by atoms with Crippen LogP contribution in [0.4, 0.5) is 0 Å². The number of hydrogen-bond acceptors (Lipinski definition) is 3. The van der Waals surface area contributed by atoms with Crippen molar-refractivity contribution in [1.29, 1.82) is 0 Å². The van der Waals surface area contributed by atoms with Crippen LogP contribution in [0.2, 0.25) is 0 Å². The van der Waals surface area contributed by atoms with Crippen LogP contribution in [0.5, 0.6) is 5.75 Å². The lowest BCUT2D eigenvalue weighted by Gasteiger charge is -2.24. The number of carbonyl (C=O) groups excluding carboxylic acids is 2. The van der Waals surface area contributed by atoms with Gasteiger partial charge in [-0.3, -0.25) is 9.59 Å². The van der Waals surface area contributed by atoms with Gasteiger partial charge in [-0.05, 0) is 74.2 Å². The molecule has 1 unspecified atom stereocenters. The first-order valence-corrected chi connectivity index (χ1v) is 10.3. The largest absolute Gasteiger partial charge is 0.492 e. The van der Waals surface area contributed by atoms with Crippen molar-refractivity contribution in [1.82, 2.24) is 10.2 Å². The zero-order valence-corrected chi connectivity index (χ0v) is 17.8. The molecule has 1 heterocycles. The highest BCUT2D eigenvalue weighted by atomic mass is 79.9. The van der Waals surface area contributed by atoms with Crippen molar-refractivity contribution in [3.63, 3.8) is 0 Å². The fourth-order valence-corrected chi connectivity index (χ4v) is 3.78. The van der Waals surface area contributed by atoms with Crippen molar-refractivity contribution in [3.8, 4) is 5.75 Å². The number of nitrogens with zero attached hydrogens (tertiary/aromatic N) is 1. The molecule has 1 fully saturated rings. The number of benzene rings is 2. The average Bonchev–Trinajstić information content (AvgIpc) is 3.14. The second kappa shape index (κ2) is 9.24. The van der Waals surface area contributed by atoms with E-state index in [1.54, 1.807) is 17.0 Å². The third-order valence-corrected chi connectivity index (χ3v) is 5.30. The number of halogens is 1. The van der Waals surface area contributed by atoms with Crippen LogP contribution in [0.1, 0.15) is 34.3 Å². The topological polar surface area (TPSA) is 58.6 Å². The average molecular weight is 445 g/mol. The van der Waals surface area contributed by atoms with Gasteiger partial charge in [-0.15, -0.1) is 0 Å². The van der Waals surface area contributed by atoms with Gasteiger partial charge in [0.25, 0.3) is 5.91 Å². The maximum Gasteiger partial charge on any atom is 0.254 e. The maximum atomic E-state index is 12.8. The molecular weight excluding hydrogens is 420 g/mol. The predicted molar refractivity (Wildman–Crippen MR) is 113 cm³/mol. The van der Waals surface area contributed by atoms with Crippen molar-refractivity contribution in [2.75, 3.05) is 19.7 Å². The molecule has 2 aromatic carbocycles. The summed E-state index contributed by atoms with van der Waals surface area (Å²) >= 11 is 3.37. The number of likely N-dealkylation sites (tertiary alicyclic amines) is 1. The number of amides is 2. The first-order chi connectivity index (χ1) is 13.4. The van der Waals surface area contributed by atoms with Gasteiger partial charge in [0.05, 0.1) is 6.54 Å². The van der Waals surface area contributed by atoms with Gasteiger partial charge in [0.2, 0.25) is 5.91 Å². The first-order valence-electron chi connectivity index (χ1n) is 9.49. The Hall–Kier alpha value is -2.34. The van der Waals surface area contributed by atoms with Crippen LogP contribution >= 0.6 is 15.9 Å². The van der Waals surface area contributed by atoms with Crippen LogP contribution in [0, 0.1) is 13.8 Å². The predicted octanol–water partition coefficient (Wildman–Crippen LogP) is 3.87. The van der Waals surface area contributed by atoms with Crippen LogP contribution in [0.15, 0.2) is 46.9 Å². The molecule has 2 amide bonds. The van der Waals surface area contributed by atoms with E-state index in [2.05, 4.69) is 27.3 Å². The molecule has 0 aliphatic carbocycles. The molecule has 1 atom stereocenters. The Labute approximate surface area is 174 Å². The molecule has 1 aliphatic heterocycles. The fraction of sp³-hybridized carbons (Fsp3) is 0.364. The second-order valence-corrected chi connectivity index (χ2v) is 8.04. The fourth-order valence-electron chi connectivity index (χ4n) is 3.52. The van der Waals surface area contributed by atoms with Gasteiger partial charge < -0.3 is 15.0 Å². The van der Waals surface area contributed by atoms with Crippen molar-refractivity contribution >= 4 is 27.7 Å². The molecule has 148 valence electrons. The minimum atomic E-state index is -0.419. The van der Waals surface area contributed by atoms with Crippen LogP contribution in [0.3, 0.4) is 0 Å². The number of ether oxygens (including phenoxy) is 1. The van der Waals surface area contributed by atoms with E-state index in [-0.39, 0.29) is 11.8 Å². The van der Waals surface area contributed by atoms with E-state index in [0.717, 1.165) is 27.8 Å². The van der Waals surface area contributed by atoms with Crippen LogP contribution in [-0.2, 0) is 4.79 Å². The van der Waals surface area contributed by atoms with Crippen molar-refractivity contribution in [3.05, 3.63) is 63.6 Å². The zero-order valence-electron chi connectivity index (χ0n) is 16.2. The minimum absolute atomic E-state index is 0.100. The molecule has 0 spiro atoms. The first kappa shape index (κ1) is 20.4. The lowest BCUT2D eigenvalue weighted by atomic mass is 10.1. The normalized spacial score (nSPS) is 16.1. The number of carbonyl (C=O) groups is 2. The van der Waals surface area contributed by atoms with E-state index in [0.29, 0.717) is 31.7 Å². The standard InChI is InChI=1S/C22H25BrN2O3/c1-15-12-16(2)14-19(13-15)28-11-9-24-21(26)20-4-3-10-25(20)22(27)17-5-7-18(23)8-6-17/h5-8,12-14,20H,3-4,9-11H2,1-2H3,(H,24,26). The molecule has 6 heteroatoms. The SMILES string of the molecule is Cc1cc(C)cc(OCCNC(=O)C2CCCN2C(=O)c2ccc(Br)cc2)c1. The van der Waals surface area contributed by atoms with E-state index < -0.39 is 6.04 Å². The van der Waals surface area contributed by atoms with Crippen molar-refractivity contribution in [2.24, 2.45) is 0 Å². The van der Waals surface area contributed by atoms with Gasteiger partial charge in [-0.25, -0.2) is 0 Å². The van der Waals surface area contributed by atoms with Crippen LogP contribution in [-0.4, -0.2) is 42.5 Å². The molecular formula is C22H25BrN2O3. The van der Waals surface area contributed by atoms with Gasteiger partial charge >= 0.3 is 0 Å². The summed E-state index contributed by atoms with van der Waals surface area (Å²) in [6.07, 6.45) is 1.52. The van der Waals surface area contributed by atoms with E-state index in [9.17, 15) is 9.59 Å². The van der Waals surface area contributed by atoms with Gasteiger partial charge in [-0.2, -0.15) is 0 Å². The Bertz CT molecular complexity index is 831. The molecule has 5 nitrogen and oxygen atoms in total. The number of aryl methyl sites for hydroxylation is 2. The summed E-state index contributed by atoms with van der Waals surface area (Å²) in [6.45, 7) is 5.45. The van der Waals surface area contributed by atoms with E-state index in [4.69, 9.17) is 4.74 Å². The lowest BCUT2D eigenvalue weighted by Crippen LogP contribution is -2.46. The van der Waals surface area contributed by atoms with Gasteiger partial charge in [0, 0.05) is 16.6 Å². The van der Waals surface area contributed by atoms with Crippen molar-refractivity contribution in [2.45, 2.75) is 32.7 Å². The lowest BCUT2D eigenvalue weighted by molar-refractivity contribution is -0.124. The molecule has 2 aromatic rings. The highest BCUT2D eigenvalue weighted by Gasteiger charge is 2.34. The summed E-state index contributed by atoms with van der Waals surface area (Å²) in [5, 5.41) is 2.90. The molecule has 1 saturated heterocycles. The summed E-state index contributed by atoms with van der Waals surface area (Å²) in [5.41, 5.74) is 2.89. The van der Waals surface area contributed by atoms with Crippen LogP contribution < -0.4 is 10.1 Å². The molecule has 28 heavy (non-hydrogen) atoms. The Balaban J connectivity index is 1.51. The molecule has 0 bridgehead atoms. The van der Waals surface area contributed by atoms with E-state index >= 15 is 0 Å². The summed E-state index contributed by atoms with van der Waals surface area (Å²) < 4.78 is 6.66. The van der Waals surface area contributed by atoms with Gasteiger partial charge in [0.15, 0.2) is 0 Å². The van der Waals surface area contributed by atoms with Crippen molar-refractivity contribution < 1.29 is 14.3 Å². The quantitative estimate of drug-likeness (QED) is 0.687. The third kappa shape index (κ3) is 5.13. The molecule has 3 rings (SSSR count). The van der Waals surface area contributed by atoms with Crippen LogP contribution in [0.25, 0.3) is 0 Å². The highest BCUT2D eigenvalue weighted by Crippen LogP contribution is 2.21. The summed E-state index contributed by atoms with van der Waals surface area (Å²) in [4.78, 5) is 27.0. The molecule has 0 aromatic heterocycles. The second-order valence-electron chi connectivity index (χ2n) is 7.13. The number of rotatable bonds is 6. The molecule has 0 saturated carbocycles. The van der Waals surface area contributed by atoms with Gasteiger partial charge in [0.1, 0.15) is 18.4 Å². The zero-order chi connectivity index (χ0) is 20.1. The Morgan fingerprint density at radius 1 is 1.14 bits per heavy atom. The van der Waals surface area contributed by atoms with E-state index in [1.165, 1.54) is 0 Å². The molecule has 0 radical (unpaired) electrons. The Kier molecular flexibility index (Phi) is 6.73. The Morgan fingerprint density at radius 3 is 2.50 bits per heavy atom. The summed E-state index contributed by atoms with van der Waals surface area (Å²) in [5.74, 6) is 0.586. The molecule has 1 N–H and O–H groups in total.